The van der Waals surface area contributed by atoms with Crippen LogP contribution in [-0.4, -0.2) is 16.2 Å². The summed E-state index contributed by atoms with van der Waals surface area (Å²) in [5, 5.41) is 5.82. The lowest BCUT2D eigenvalue weighted by atomic mass is 10.2. The van der Waals surface area contributed by atoms with E-state index in [1.54, 1.807) is 6.21 Å². The molecule has 1 heterocycles. The molecule has 0 saturated heterocycles. The monoisotopic (exact) mass is 282 g/mol. The number of aromatic nitrogens is 2. The topological polar surface area (TPSA) is 50.2 Å². The van der Waals surface area contributed by atoms with Gasteiger partial charge in [-0.25, -0.2) is 9.97 Å². The lowest BCUT2D eigenvalue weighted by Crippen LogP contribution is -1.95. The molecule has 20 heavy (non-hydrogen) atoms. The van der Waals surface area contributed by atoms with Gasteiger partial charge < -0.3 is 0 Å². The first kappa shape index (κ1) is 12.6. The van der Waals surface area contributed by atoms with Crippen LogP contribution in [0.5, 0.6) is 0 Å². The molecular weight excluding hydrogens is 272 g/mol. The van der Waals surface area contributed by atoms with Crippen molar-refractivity contribution >= 4 is 34.5 Å². The largest absolute Gasteiger partial charge is 0.261 e. The molecule has 0 fully saturated rings. The van der Waals surface area contributed by atoms with Crippen molar-refractivity contribution in [3.05, 3.63) is 65.4 Å². The number of hydrazone groups is 1. The van der Waals surface area contributed by atoms with Crippen LogP contribution in [0.2, 0.25) is 5.02 Å². The molecule has 0 unspecified atom stereocenters. The van der Waals surface area contributed by atoms with Crippen LogP contribution in [-0.2, 0) is 0 Å². The number of fused-ring (bicyclic) bond motifs is 1. The molecule has 0 spiro atoms. The zero-order valence-electron chi connectivity index (χ0n) is 10.5. The molecule has 0 atom stereocenters. The van der Waals surface area contributed by atoms with Crippen LogP contribution in [0.25, 0.3) is 10.9 Å². The van der Waals surface area contributed by atoms with Gasteiger partial charge in [-0.2, -0.15) is 5.10 Å². The summed E-state index contributed by atoms with van der Waals surface area (Å²) >= 11 is 5.83. The minimum Gasteiger partial charge on any atom is -0.261 e. The van der Waals surface area contributed by atoms with Gasteiger partial charge in [0.25, 0.3) is 0 Å². The van der Waals surface area contributed by atoms with E-state index in [9.17, 15) is 0 Å². The average molecular weight is 283 g/mol. The third kappa shape index (κ3) is 2.75. The van der Waals surface area contributed by atoms with Crippen LogP contribution in [0, 0.1) is 0 Å². The summed E-state index contributed by atoms with van der Waals surface area (Å²) in [6.45, 7) is 0. The van der Waals surface area contributed by atoms with Crippen LogP contribution in [0.4, 0.5) is 5.82 Å². The number of nitrogens with one attached hydrogen (secondary N) is 1. The molecule has 0 radical (unpaired) electrons. The van der Waals surface area contributed by atoms with Crippen LogP contribution in [0.15, 0.2) is 60.0 Å². The summed E-state index contributed by atoms with van der Waals surface area (Å²) in [7, 11) is 0. The third-order valence-electron chi connectivity index (χ3n) is 2.80. The first-order chi connectivity index (χ1) is 9.83. The van der Waals surface area contributed by atoms with Gasteiger partial charge in [-0.15, -0.1) is 0 Å². The van der Waals surface area contributed by atoms with E-state index in [-0.39, 0.29) is 0 Å². The van der Waals surface area contributed by atoms with Crippen molar-refractivity contribution in [2.24, 2.45) is 5.10 Å². The minimum atomic E-state index is 0.681. The number of nitrogens with zero attached hydrogens (tertiary/aromatic N) is 3. The Balaban J connectivity index is 1.81. The van der Waals surface area contributed by atoms with Gasteiger partial charge in [-0.3, -0.25) is 5.43 Å². The number of halogens is 1. The Labute approximate surface area is 121 Å². The third-order valence-corrected chi connectivity index (χ3v) is 3.05. The molecule has 3 aromatic rings. The van der Waals surface area contributed by atoms with E-state index in [0.717, 1.165) is 16.5 Å². The second-order valence-corrected chi connectivity index (χ2v) is 4.60. The first-order valence-electron chi connectivity index (χ1n) is 6.07. The van der Waals surface area contributed by atoms with Crippen molar-refractivity contribution in [2.75, 3.05) is 5.43 Å². The highest BCUT2D eigenvalue weighted by molar-refractivity contribution is 6.30. The van der Waals surface area contributed by atoms with Crippen molar-refractivity contribution < 1.29 is 0 Å². The molecule has 5 heteroatoms. The fraction of sp³-hybridized carbons (Fsp3) is 0. The molecule has 0 aliphatic heterocycles. The first-order valence-corrected chi connectivity index (χ1v) is 6.45. The fourth-order valence-corrected chi connectivity index (χ4v) is 1.94. The highest BCUT2D eigenvalue weighted by atomic mass is 35.5. The number of hydrogen-bond donors (Lipinski definition) is 1. The summed E-state index contributed by atoms with van der Waals surface area (Å²) < 4.78 is 0. The van der Waals surface area contributed by atoms with E-state index >= 15 is 0 Å². The molecule has 1 N–H and O–H groups in total. The lowest BCUT2D eigenvalue weighted by molar-refractivity contribution is 1.18. The second kappa shape index (κ2) is 5.67. The summed E-state index contributed by atoms with van der Waals surface area (Å²) in [5.74, 6) is 0.681. The van der Waals surface area contributed by atoms with E-state index in [2.05, 4.69) is 20.5 Å². The van der Waals surface area contributed by atoms with Crippen LogP contribution < -0.4 is 5.43 Å². The molecule has 0 aliphatic rings. The van der Waals surface area contributed by atoms with E-state index in [0.29, 0.717) is 10.8 Å². The summed E-state index contributed by atoms with van der Waals surface area (Å²) in [6, 6.07) is 15.2. The number of benzene rings is 2. The molecular formula is C15H11ClN4. The van der Waals surface area contributed by atoms with E-state index in [1.165, 1.54) is 6.33 Å². The predicted octanol–water partition coefficient (Wildman–Crippen LogP) is 3.73. The maximum absolute atomic E-state index is 5.83. The highest BCUT2D eigenvalue weighted by Gasteiger charge is 2.00. The molecule has 2 aromatic carbocycles. The van der Waals surface area contributed by atoms with Gasteiger partial charge in [0.2, 0.25) is 0 Å². The lowest BCUT2D eigenvalue weighted by Gasteiger charge is -2.03. The van der Waals surface area contributed by atoms with Gasteiger partial charge in [0, 0.05) is 10.4 Å². The van der Waals surface area contributed by atoms with Gasteiger partial charge in [0.1, 0.15) is 6.33 Å². The number of anilines is 1. The number of rotatable bonds is 3. The van der Waals surface area contributed by atoms with Crippen LogP contribution in [0.1, 0.15) is 5.56 Å². The summed E-state index contributed by atoms with van der Waals surface area (Å²) in [6.07, 6.45) is 3.23. The van der Waals surface area contributed by atoms with E-state index < -0.39 is 0 Å². The Morgan fingerprint density at radius 2 is 1.80 bits per heavy atom. The maximum atomic E-state index is 5.83. The van der Waals surface area contributed by atoms with Crippen molar-refractivity contribution in [1.82, 2.24) is 9.97 Å². The fourth-order valence-electron chi connectivity index (χ4n) is 1.81. The molecule has 4 nitrogen and oxygen atoms in total. The molecule has 0 amide bonds. The molecule has 3 rings (SSSR count). The van der Waals surface area contributed by atoms with Gasteiger partial charge in [0.05, 0.1) is 11.7 Å². The van der Waals surface area contributed by atoms with Gasteiger partial charge in [-0.05, 0) is 29.8 Å². The van der Waals surface area contributed by atoms with Crippen molar-refractivity contribution in [1.29, 1.82) is 0 Å². The summed E-state index contributed by atoms with van der Waals surface area (Å²) in [4.78, 5) is 8.40. The molecule has 0 bridgehead atoms. The Kier molecular flexibility index (Phi) is 3.56. The van der Waals surface area contributed by atoms with Gasteiger partial charge in [0.15, 0.2) is 5.82 Å². The molecule has 0 saturated carbocycles. The van der Waals surface area contributed by atoms with E-state index in [1.807, 2.05) is 48.5 Å². The Morgan fingerprint density at radius 1 is 1.00 bits per heavy atom. The Morgan fingerprint density at radius 3 is 2.65 bits per heavy atom. The average Bonchev–Trinajstić information content (AvgIpc) is 2.49. The Bertz CT molecular complexity index is 748. The molecule has 1 aromatic heterocycles. The van der Waals surface area contributed by atoms with Gasteiger partial charge in [-0.1, -0.05) is 35.9 Å². The Hall–Kier alpha value is -2.46. The quantitative estimate of drug-likeness (QED) is 0.588. The number of para-hydroxylation sites is 1. The highest BCUT2D eigenvalue weighted by Crippen LogP contribution is 2.18. The molecule has 98 valence electrons. The second-order valence-electron chi connectivity index (χ2n) is 4.16. The number of hydrogen-bond acceptors (Lipinski definition) is 4. The smallest absolute Gasteiger partial charge is 0.157 e. The predicted molar refractivity (Wildman–Crippen MR) is 82.2 cm³/mol. The van der Waals surface area contributed by atoms with E-state index in [4.69, 9.17) is 11.6 Å². The zero-order valence-corrected chi connectivity index (χ0v) is 11.2. The zero-order chi connectivity index (χ0) is 13.8. The van der Waals surface area contributed by atoms with Crippen molar-refractivity contribution in [2.45, 2.75) is 0 Å². The standard InChI is InChI=1S/C15H11ClN4/c16-12-7-5-11(6-8-12)9-19-20-15-13-3-1-2-4-14(13)17-10-18-15/h1-10H,(H,17,18,20). The molecule has 0 aliphatic carbocycles. The van der Waals surface area contributed by atoms with Crippen molar-refractivity contribution in [3.8, 4) is 0 Å². The van der Waals surface area contributed by atoms with Crippen LogP contribution in [0.3, 0.4) is 0 Å². The maximum Gasteiger partial charge on any atom is 0.157 e. The SMILES string of the molecule is Clc1ccc(C=NNc2ncnc3ccccc23)cc1. The van der Waals surface area contributed by atoms with Crippen LogP contribution >= 0.6 is 11.6 Å². The van der Waals surface area contributed by atoms with Crippen molar-refractivity contribution in [3.63, 3.8) is 0 Å². The summed E-state index contributed by atoms with van der Waals surface area (Å²) in [5.41, 5.74) is 4.78. The van der Waals surface area contributed by atoms with Gasteiger partial charge >= 0.3 is 0 Å². The minimum absolute atomic E-state index is 0.681. The normalized spacial score (nSPS) is 11.1.